The van der Waals surface area contributed by atoms with Gasteiger partial charge in [0, 0.05) is 43.6 Å². The number of halogens is 3. The first-order chi connectivity index (χ1) is 16.2. The predicted octanol–water partition coefficient (Wildman–Crippen LogP) is 2.78. The summed E-state index contributed by atoms with van der Waals surface area (Å²) in [7, 11) is 0. The minimum Gasteiger partial charge on any atom is -0.550 e. The second-order valence-corrected chi connectivity index (χ2v) is 8.34. The summed E-state index contributed by atoms with van der Waals surface area (Å²) in [4.78, 5) is 28.9. The summed E-state index contributed by atoms with van der Waals surface area (Å²) < 4.78 is 42.0. The number of carboxylic acid groups (broad SMARTS) is 1. The fourth-order valence-electron chi connectivity index (χ4n) is 4.23. The van der Waals surface area contributed by atoms with Crippen LogP contribution in [0.25, 0.3) is 0 Å². The smallest absolute Gasteiger partial charge is 0.416 e. The zero-order valence-corrected chi connectivity index (χ0v) is 18.3. The molecule has 4 rings (SSSR count). The number of nitrogens with one attached hydrogen (secondary N) is 1. The molecule has 3 heterocycles. The van der Waals surface area contributed by atoms with Gasteiger partial charge in [0.1, 0.15) is 5.82 Å². The molecule has 0 radical (unpaired) electrons. The van der Waals surface area contributed by atoms with E-state index in [0.717, 1.165) is 47.6 Å². The van der Waals surface area contributed by atoms with E-state index in [2.05, 4.69) is 16.4 Å². The number of aryl methyl sites for hydroxylation is 3. The van der Waals surface area contributed by atoms with Gasteiger partial charge in [-0.25, -0.2) is 9.78 Å². The van der Waals surface area contributed by atoms with Gasteiger partial charge in [-0.1, -0.05) is 18.2 Å². The van der Waals surface area contributed by atoms with E-state index in [-0.39, 0.29) is 5.56 Å². The number of benzene rings is 1. The van der Waals surface area contributed by atoms with Crippen LogP contribution in [0.5, 0.6) is 0 Å². The minimum absolute atomic E-state index is 0.0737. The van der Waals surface area contributed by atoms with Crippen molar-refractivity contribution in [3.05, 3.63) is 81.7 Å². The van der Waals surface area contributed by atoms with Crippen molar-refractivity contribution in [2.75, 3.05) is 11.9 Å². The Hall–Kier alpha value is -3.56. The molecule has 1 aromatic carbocycles. The minimum atomic E-state index is -4.58. The highest BCUT2D eigenvalue weighted by atomic mass is 19.4. The van der Waals surface area contributed by atoms with Gasteiger partial charge in [0.2, 0.25) is 0 Å². The number of pyridine rings is 1. The maximum atomic E-state index is 13.1. The topological polar surface area (TPSA) is 92.0 Å². The Bertz CT molecular complexity index is 1230. The highest BCUT2D eigenvalue weighted by molar-refractivity contribution is 5.65. The Labute approximate surface area is 193 Å². The summed E-state index contributed by atoms with van der Waals surface area (Å²) in [5, 5.41) is 14.6. The van der Waals surface area contributed by atoms with Crippen molar-refractivity contribution in [1.82, 2.24) is 14.1 Å². The molecule has 0 saturated heterocycles. The van der Waals surface area contributed by atoms with Gasteiger partial charge in [0.15, 0.2) is 0 Å². The number of imidazole rings is 1. The lowest BCUT2D eigenvalue weighted by atomic mass is 10.0. The first-order valence-electron chi connectivity index (χ1n) is 11.1. The second-order valence-electron chi connectivity index (χ2n) is 8.34. The van der Waals surface area contributed by atoms with Crippen molar-refractivity contribution in [3.8, 4) is 0 Å². The molecule has 1 aliphatic heterocycles. The fourth-order valence-corrected chi connectivity index (χ4v) is 4.23. The van der Waals surface area contributed by atoms with E-state index >= 15 is 0 Å². The fraction of sp³-hybridized carbons (Fsp3) is 0.375. The van der Waals surface area contributed by atoms with Crippen LogP contribution in [0.4, 0.5) is 19.0 Å². The summed E-state index contributed by atoms with van der Waals surface area (Å²) in [6, 6.07) is 7.26. The number of carbonyl (C=O) groups excluding carboxylic acids is 1. The van der Waals surface area contributed by atoms with Crippen LogP contribution in [0.15, 0.2) is 53.6 Å². The summed E-state index contributed by atoms with van der Waals surface area (Å²) in [6.45, 7) is 1.25. The van der Waals surface area contributed by atoms with E-state index in [1.165, 1.54) is 34.7 Å². The van der Waals surface area contributed by atoms with Crippen LogP contribution >= 0.6 is 0 Å². The molecule has 1 N–H and O–H groups in total. The van der Waals surface area contributed by atoms with Crippen LogP contribution in [0.2, 0.25) is 0 Å². The molecule has 7 nitrogen and oxygen atoms in total. The molecule has 1 aliphatic rings. The van der Waals surface area contributed by atoms with E-state index < -0.39 is 35.9 Å². The molecule has 1 unspecified atom stereocenters. The monoisotopic (exact) mass is 473 g/mol. The number of nitrogens with zero attached hydrogens (tertiary/aromatic N) is 3. The van der Waals surface area contributed by atoms with Gasteiger partial charge in [0.05, 0.1) is 11.6 Å². The lowest BCUT2D eigenvalue weighted by molar-refractivity contribution is -0.306. The third-order valence-electron chi connectivity index (χ3n) is 5.95. The molecule has 10 heteroatoms. The largest absolute Gasteiger partial charge is 0.550 e. The zero-order valence-electron chi connectivity index (χ0n) is 18.3. The van der Waals surface area contributed by atoms with Gasteiger partial charge in [-0.2, -0.15) is 13.2 Å². The zero-order chi connectivity index (χ0) is 24.3. The lowest BCUT2D eigenvalue weighted by Gasteiger charge is -2.20. The van der Waals surface area contributed by atoms with Gasteiger partial charge in [-0.3, -0.25) is 9.13 Å². The number of aliphatic carboxylic acids is 1. The quantitative estimate of drug-likeness (QED) is 0.543. The number of anilines is 1. The SMILES string of the molecule is O=C([O-])CC(c1cccc(C(F)(F)F)c1)n1ccn(CCCc2ccc3c(n2)NCCC3)c1=O. The normalized spacial score (nSPS) is 14.3. The highest BCUT2D eigenvalue weighted by Crippen LogP contribution is 2.32. The molecule has 0 aliphatic carbocycles. The Balaban J connectivity index is 1.50. The number of carbonyl (C=O) groups is 1. The van der Waals surface area contributed by atoms with Crippen LogP contribution in [0.1, 0.15) is 47.7 Å². The average molecular weight is 473 g/mol. The Morgan fingerprint density at radius 1 is 1.21 bits per heavy atom. The molecule has 0 amide bonds. The van der Waals surface area contributed by atoms with Gasteiger partial charge in [-0.15, -0.1) is 0 Å². The first-order valence-corrected chi connectivity index (χ1v) is 11.1. The maximum absolute atomic E-state index is 13.1. The van der Waals surface area contributed by atoms with Crippen molar-refractivity contribution in [3.63, 3.8) is 0 Å². The van der Waals surface area contributed by atoms with Crippen molar-refractivity contribution in [2.24, 2.45) is 0 Å². The van der Waals surface area contributed by atoms with Gasteiger partial charge < -0.3 is 15.2 Å². The van der Waals surface area contributed by atoms with Crippen molar-refractivity contribution >= 4 is 11.8 Å². The summed E-state index contributed by atoms with van der Waals surface area (Å²) in [6.07, 6.45) is 1.03. The molecule has 1 atom stereocenters. The Morgan fingerprint density at radius 2 is 2.03 bits per heavy atom. The number of carboxylic acids is 1. The highest BCUT2D eigenvalue weighted by Gasteiger charge is 2.31. The predicted molar refractivity (Wildman–Crippen MR) is 117 cm³/mol. The molecular weight excluding hydrogens is 449 g/mol. The van der Waals surface area contributed by atoms with Crippen molar-refractivity contribution in [1.29, 1.82) is 0 Å². The van der Waals surface area contributed by atoms with Crippen LogP contribution in [-0.4, -0.2) is 26.6 Å². The Morgan fingerprint density at radius 3 is 2.79 bits per heavy atom. The number of hydrogen-bond acceptors (Lipinski definition) is 5. The summed E-state index contributed by atoms with van der Waals surface area (Å²) >= 11 is 0. The first kappa shape index (κ1) is 23.6. The third kappa shape index (κ3) is 5.32. The molecule has 180 valence electrons. The van der Waals surface area contributed by atoms with Crippen LogP contribution in [0, 0.1) is 0 Å². The van der Waals surface area contributed by atoms with Crippen molar-refractivity contribution in [2.45, 2.75) is 50.9 Å². The van der Waals surface area contributed by atoms with E-state index in [0.29, 0.717) is 19.4 Å². The number of aromatic nitrogens is 3. The number of hydrogen-bond donors (Lipinski definition) is 1. The van der Waals surface area contributed by atoms with Crippen LogP contribution in [-0.2, 0) is 30.4 Å². The summed E-state index contributed by atoms with van der Waals surface area (Å²) in [5.74, 6) is -0.563. The van der Waals surface area contributed by atoms with E-state index in [1.807, 2.05) is 6.07 Å². The lowest BCUT2D eigenvalue weighted by Crippen LogP contribution is -2.33. The number of rotatable bonds is 8. The summed E-state index contributed by atoms with van der Waals surface area (Å²) in [5.41, 5.74) is 0.762. The standard InChI is InChI=1S/C24H25F3N4O3/c25-24(26,27)18-6-1-4-17(14-18)20(15-21(32)33)31-13-12-30(23(31)34)11-3-7-19-9-8-16-5-2-10-28-22(16)29-19/h1,4,6,8-9,12-14,20H,2-3,5,7,10-11,15H2,(H,28,29)(H,32,33)/p-1. The molecule has 2 aromatic heterocycles. The third-order valence-corrected chi connectivity index (χ3v) is 5.95. The number of alkyl halides is 3. The average Bonchev–Trinajstić information content (AvgIpc) is 3.17. The van der Waals surface area contributed by atoms with Crippen LogP contribution < -0.4 is 16.1 Å². The van der Waals surface area contributed by atoms with Crippen LogP contribution in [0.3, 0.4) is 0 Å². The number of fused-ring (bicyclic) bond motifs is 1. The molecule has 0 spiro atoms. The Kier molecular flexibility index (Phi) is 6.76. The van der Waals surface area contributed by atoms with Gasteiger partial charge in [-0.05, 0) is 55.0 Å². The second kappa shape index (κ2) is 9.74. The maximum Gasteiger partial charge on any atom is 0.416 e. The molecule has 0 bridgehead atoms. The van der Waals surface area contributed by atoms with Gasteiger partial charge in [0.25, 0.3) is 0 Å². The van der Waals surface area contributed by atoms with E-state index in [4.69, 9.17) is 0 Å². The molecule has 34 heavy (non-hydrogen) atoms. The molecule has 3 aromatic rings. The van der Waals surface area contributed by atoms with E-state index in [9.17, 15) is 27.9 Å². The van der Waals surface area contributed by atoms with Gasteiger partial charge >= 0.3 is 11.9 Å². The molecular formula is C24H24F3N4O3-. The molecule has 0 fully saturated rings. The van der Waals surface area contributed by atoms with E-state index in [1.54, 1.807) is 0 Å². The molecule has 0 saturated carbocycles. The van der Waals surface area contributed by atoms with Crippen molar-refractivity contribution < 1.29 is 23.1 Å².